The van der Waals surface area contributed by atoms with E-state index in [4.69, 9.17) is 16.3 Å². The van der Waals surface area contributed by atoms with Crippen molar-refractivity contribution in [2.75, 3.05) is 32.8 Å². The number of benzene rings is 2. The SMILES string of the molecule is CCc1ccc(C(CNC(=O)c2ccccc2Cl)N2CCOCC2)cc1. The minimum absolute atomic E-state index is 0.122. The van der Waals surface area contributed by atoms with E-state index in [2.05, 4.69) is 41.4 Å². The zero-order chi connectivity index (χ0) is 18.4. The first-order valence-corrected chi connectivity index (χ1v) is 9.50. The van der Waals surface area contributed by atoms with Crippen molar-refractivity contribution in [3.8, 4) is 0 Å². The molecule has 0 aliphatic carbocycles. The predicted molar refractivity (Wildman–Crippen MR) is 105 cm³/mol. The summed E-state index contributed by atoms with van der Waals surface area (Å²) in [7, 11) is 0. The molecule has 1 amide bonds. The van der Waals surface area contributed by atoms with Crippen LogP contribution < -0.4 is 5.32 Å². The Morgan fingerprint density at radius 3 is 2.50 bits per heavy atom. The smallest absolute Gasteiger partial charge is 0.252 e. The molecule has 26 heavy (non-hydrogen) atoms. The highest BCUT2D eigenvalue weighted by atomic mass is 35.5. The molecule has 1 heterocycles. The number of ether oxygens (including phenoxy) is 1. The van der Waals surface area contributed by atoms with Crippen LogP contribution in [0.4, 0.5) is 0 Å². The van der Waals surface area contributed by atoms with Gasteiger partial charge in [0.25, 0.3) is 5.91 Å². The van der Waals surface area contributed by atoms with Crippen LogP contribution in [0, 0.1) is 0 Å². The van der Waals surface area contributed by atoms with E-state index in [1.54, 1.807) is 12.1 Å². The number of morpholine rings is 1. The summed E-state index contributed by atoms with van der Waals surface area (Å²) in [5.74, 6) is -0.140. The summed E-state index contributed by atoms with van der Waals surface area (Å²) in [6.07, 6.45) is 1.02. The number of carbonyl (C=O) groups is 1. The van der Waals surface area contributed by atoms with Gasteiger partial charge in [0.05, 0.1) is 29.8 Å². The Kier molecular flexibility index (Phi) is 6.67. The van der Waals surface area contributed by atoms with Gasteiger partial charge in [-0.05, 0) is 29.7 Å². The van der Waals surface area contributed by atoms with E-state index in [1.807, 2.05) is 12.1 Å². The third kappa shape index (κ3) is 4.64. The standard InChI is InChI=1S/C21H25ClN2O2/c1-2-16-7-9-17(10-8-16)20(24-11-13-26-14-12-24)15-23-21(25)18-5-3-4-6-19(18)22/h3-10,20H,2,11-15H2,1H3,(H,23,25). The molecule has 1 aliphatic rings. The van der Waals surface area contributed by atoms with Crippen LogP contribution in [-0.2, 0) is 11.2 Å². The molecule has 1 fully saturated rings. The molecule has 1 atom stereocenters. The summed E-state index contributed by atoms with van der Waals surface area (Å²) in [4.78, 5) is 14.9. The number of carbonyl (C=O) groups excluding carboxylic acids is 1. The van der Waals surface area contributed by atoms with E-state index in [1.165, 1.54) is 11.1 Å². The molecule has 2 aromatic rings. The highest BCUT2D eigenvalue weighted by molar-refractivity contribution is 6.33. The lowest BCUT2D eigenvalue weighted by atomic mass is 10.0. The average molecular weight is 373 g/mol. The molecule has 0 saturated carbocycles. The molecule has 1 saturated heterocycles. The van der Waals surface area contributed by atoms with Gasteiger partial charge in [0.15, 0.2) is 0 Å². The molecule has 2 aromatic carbocycles. The Labute approximate surface area is 160 Å². The minimum atomic E-state index is -0.140. The molecule has 3 rings (SSSR count). The summed E-state index contributed by atoms with van der Waals surface area (Å²) in [6.45, 7) is 5.86. The van der Waals surface area contributed by atoms with Gasteiger partial charge in [0, 0.05) is 19.6 Å². The monoisotopic (exact) mass is 372 g/mol. The van der Waals surface area contributed by atoms with E-state index in [-0.39, 0.29) is 11.9 Å². The maximum absolute atomic E-state index is 12.5. The summed E-state index contributed by atoms with van der Waals surface area (Å²) >= 11 is 6.15. The van der Waals surface area contributed by atoms with Crippen molar-refractivity contribution in [2.24, 2.45) is 0 Å². The van der Waals surface area contributed by atoms with Crippen LogP contribution in [0.3, 0.4) is 0 Å². The zero-order valence-electron chi connectivity index (χ0n) is 15.1. The van der Waals surface area contributed by atoms with Gasteiger partial charge in [-0.2, -0.15) is 0 Å². The fourth-order valence-electron chi connectivity index (χ4n) is 3.25. The Hall–Kier alpha value is -1.88. The van der Waals surface area contributed by atoms with Crippen molar-refractivity contribution < 1.29 is 9.53 Å². The van der Waals surface area contributed by atoms with Crippen molar-refractivity contribution in [1.29, 1.82) is 0 Å². The van der Waals surface area contributed by atoms with Gasteiger partial charge in [0.2, 0.25) is 0 Å². The molecule has 5 heteroatoms. The van der Waals surface area contributed by atoms with Crippen molar-refractivity contribution in [3.05, 3.63) is 70.2 Å². The first-order chi connectivity index (χ1) is 12.7. The van der Waals surface area contributed by atoms with E-state index >= 15 is 0 Å². The van der Waals surface area contributed by atoms with Crippen LogP contribution in [0.25, 0.3) is 0 Å². The third-order valence-corrected chi connectivity index (χ3v) is 5.16. The lowest BCUT2D eigenvalue weighted by molar-refractivity contribution is 0.0162. The number of nitrogens with zero attached hydrogens (tertiary/aromatic N) is 1. The number of nitrogens with one attached hydrogen (secondary N) is 1. The Morgan fingerprint density at radius 1 is 1.15 bits per heavy atom. The Bertz CT molecular complexity index is 727. The number of amides is 1. The van der Waals surface area contributed by atoms with Crippen LogP contribution in [0.5, 0.6) is 0 Å². The van der Waals surface area contributed by atoms with E-state index in [9.17, 15) is 4.79 Å². The van der Waals surface area contributed by atoms with Crippen LogP contribution in [0.2, 0.25) is 5.02 Å². The molecule has 1 unspecified atom stereocenters. The van der Waals surface area contributed by atoms with Crippen molar-refractivity contribution in [2.45, 2.75) is 19.4 Å². The Balaban J connectivity index is 1.74. The highest BCUT2D eigenvalue weighted by Gasteiger charge is 2.23. The van der Waals surface area contributed by atoms with Gasteiger partial charge in [-0.15, -0.1) is 0 Å². The fourth-order valence-corrected chi connectivity index (χ4v) is 3.47. The van der Waals surface area contributed by atoms with Gasteiger partial charge in [-0.3, -0.25) is 9.69 Å². The second kappa shape index (κ2) is 9.17. The maximum atomic E-state index is 12.5. The maximum Gasteiger partial charge on any atom is 0.252 e. The second-order valence-corrected chi connectivity index (χ2v) is 6.86. The molecule has 4 nitrogen and oxygen atoms in total. The number of aryl methyl sites for hydroxylation is 1. The molecule has 0 aromatic heterocycles. The van der Waals surface area contributed by atoms with Crippen molar-refractivity contribution in [3.63, 3.8) is 0 Å². The summed E-state index contributed by atoms with van der Waals surface area (Å²) in [5.41, 5.74) is 3.04. The fraction of sp³-hybridized carbons (Fsp3) is 0.381. The van der Waals surface area contributed by atoms with Crippen molar-refractivity contribution in [1.82, 2.24) is 10.2 Å². The van der Waals surface area contributed by atoms with Gasteiger partial charge in [-0.1, -0.05) is 54.9 Å². The van der Waals surface area contributed by atoms with Crippen LogP contribution in [-0.4, -0.2) is 43.7 Å². The molecule has 0 bridgehead atoms. The Morgan fingerprint density at radius 2 is 1.85 bits per heavy atom. The lowest BCUT2D eigenvalue weighted by Gasteiger charge is -2.35. The zero-order valence-corrected chi connectivity index (χ0v) is 15.8. The van der Waals surface area contributed by atoms with Crippen LogP contribution in [0.1, 0.15) is 34.5 Å². The lowest BCUT2D eigenvalue weighted by Crippen LogP contribution is -2.43. The first-order valence-electron chi connectivity index (χ1n) is 9.12. The van der Waals surface area contributed by atoms with Gasteiger partial charge < -0.3 is 10.1 Å². The number of halogens is 1. The van der Waals surface area contributed by atoms with E-state index in [0.29, 0.717) is 17.1 Å². The topological polar surface area (TPSA) is 41.6 Å². The third-order valence-electron chi connectivity index (χ3n) is 4.83. The summed E-state index contributed by atoms with van der Waals surface area (Å²) in [5, 5.41) is 3.53. The molecule has 1 aliphatic heterocycles. The molecule has 1 N–H and O–H groups in total. The van der Waals surface area contributed by atoms with E-state index < -0.39 is 0 Å². The quantitative estimate of drug-likeness (QED) is 0.840. The highest BCUT2D eigenvalue weighted by Crippen LogP contribution is 2.23. The number of rotatable bonds is 6. The predicted octanol–water partition coefficient (Wildman–Crippen LogP) is 3.71. The second-order valence-electron chi connectivity index (χ2n) is 6.45. The normalized spacial score (nSPS) is 16.2. The molecule has 0 radical (unpaired) electrons. The van der Waals surface area contributed by atoms with Gasteiger partial charge >= 0.3 is 0 Å². The molecular weight excluding hydrogens is 348 g/mol. The van der Waals surface area contributed by atoms with Gasteiger partial charge in [-0.25, -0.2) is 0 Å². The van der Waals surface area contributed by atoms with Crippen LogP contribution in [0.15, 0.2) is 48.5 Å². The number of hydrogen-bond donors (Lipinski definition) is 1. The largest absolute Gasteiger partial charge is 0.379 e. The molecular formula is C21H25ClN2O2. The summed E-state index contributed by atoms with van der Waals surface area (Å²) < 4.78 is 5.49. The van der Waals surface area contributed by atoms with E-state index in [0.717, 1.165) is 32.7 Å². The average Bonchev–Trinajstić information content (AvgIpc) is 2.69. The number of hydrogen-bond acceptors (Lipinski definition) is 3. The summed E-state index contributed by atoms with van der Waals surface area (Å²) in [6, 6.07) is 15.9. The molecule has 138 valence electrons. The minimum Gasteiger partial charge on any atom is -0.379 e. The van der Waals surface area contributed by atoms with Crippen molar-refractivity contribution >= 4 is 17.5 Å². The van der Waals surface area contributed by atoms with Crippen LogP contribution >= 0.6 is 11.6 Å². The first kappa shape index (κ1) is 18.9. The molecule has 0 spiro atoms. The van der Waals surface area contributed by atoms with Gasteiger partial charge in [0.1, 0.15) is 0 Å².